The van der Waals surface area contributed by atoms with Gasteiger partial charge in [0.1, 0.15) is 6.26 Å². The topological polar surface area (TPSA) is 46.0 Å². The van der Waals surface area contributed by atoms with Gasteiger partial charge in [0.05, 0.1) is 0 Å². The van der Waals surface area contributed by atoms with Crippen LogP contribution in [0.4, 0.5) is 0 Å². The van der Waals surface area contributed by atoms with E-state index >= 15 is 0 Å². The molecule has 3 nitrogen and oxygen atoms in total. The van der Waals surface area contributed by atoms with Gasteiger partial charge < -0.3 is 4.42 Å². The molecule has 0 aliphatic carbocycles. The number of aromatic nitrogens is 1. The molecule has 1 heterocycles. The zero-order chi connectivity index (χ0) is 4.41. The third-order valence-electron chi connectivity index (χ3n) is 0.444. The monoisotopic (exact) mass is 167 g/mol. The van der Waals surface area contributed by atoms with E-state index < -0.39 is 5.76 Å². The molecule has 0 amide bonds. The molecule has 1 rings (SSSR count). The van der Waals surface area contributed by atoms with E-state index in [-0.39, 0.29) is 17.1 Å². The third-order valence-corrected chi connectivity index (χ3v) is 0.444. The van der Waals surface area contributed by atoms with E-state index in [4.69, 9.17) is 0 Å². The van der Waals surface area contributed by atoms with E-state index in [1.54, 1.807) is 0 Å². The summed E-state index contributed by atoms with van der Waals surface area (Å²) in [6, 6.07) is 0. The molecule has 1 N–H and O–H groups in total. The molecule has 0 radical (unpaired) electrons. The first-order valence-corrected chi connectivity index (χ1v) is 1.52. The van der Waals surface area contributed by atoms with E-state index in [9.17, 15) is 4.79 Å². The van der Waals surface area contributed by atoms with Gasteiger partial charge in [-0.1, -0.05) is 0 Å². The molecule has 0 aromatic carbocycles. The van der Waals surface area contributed by atoms with Crippen LogP contribution in [0.15, 0.2) is 21.7 Å². The molecule has 0 aliphatic heterocycles. The Kier molecular flexibility index (Phi) is 2.48. The predicted octanol–water partition coefficient (Wildman–Crippen LogP) is -0.948. The van der Waals surface area contributed by atoms with Crippen molar-refractivity contribution in [3.63, 3.8) is 0 Å². The van der Waals surface area contributed by atoms with Crippen molar-refractivity contribution >= 4 is 17.1 Å². The van der Waals surface area contributed by atoms with Gasteiger partial charge in [0.2, 0.25) is 0 Å². The molecule has 0 bridgehead atoms. The SMILES string of the molecule is O=c1[nH]cco1.[SeH2]. The standard InChI is InChI=1S/C3H3NO2.H2Se/c5-3-4-1-2-6-3;/h1-2H,(H,4,5);1H2. The third kappa shape index (κ3) is 1.62. The summed E-state index contributed by atoms with van der Waals surface area (Å²) in [5.41, 5.74) is 0. The van der Waals surface area contributed by atoms with Crippen molar-refractivity contribution in [3.05, 3.63) is 23.0 Å². The zero-order valence-electron chi connectivity index (χ0n) is 3.47. The average Bonchev–Trinajstić information content (AvgIpc) is 1.86. The Morgan fingerprint density at radius 1 is 1.71 bits per heavy atom. The molecule has 0 aliphatic rings. The summed E-state index contributed by atoms with van der Waals surface area (Å²) in [6.07, 6.45) is 2.73. The van der Waals surface area contributed by atoms with Crippen molar-refractivity contribution < 1.29 is 4.42 Å². The number of aromatic amines is 1. The number of H-pyrrole nitrogens is 1. The second-order valence-corrected chi connectivity index (χ2v) is 0.852. The van der Waals surface area contributed by atoms with E-state index in [0.717, 1.165) is 0 Å². The van der Waals surface area contributed by atoms with Gasteiger partial charge in [-0.3, -0.25) is 4.98 Å². The van der Waals surface area contributed by atoms with E-state index in [1.165, 1.54) is 12.5 Å². The van der Waals surface area contributed by atoms with Crippen LogP contribution in [-0.4, -0.2) is 22.1 Å². The summed E-state index contributed by atoms with van der Waals surface area (Å²) >= 11 is 0. The Morgan fingerprint density at radius 3 is 2.57 bits per heavy atom. The molecule has 0 saturated heterocycles. The van der Waals surface area contributed by atoms with Gasteiger partial charge in [-0.05, 0) is 0 Å². The van der Waals surface area contributed by atoms with Gasteiger partial charge in [-0.25, -0.2) is 4.79 Å². The van der Waals surface area contributed by atoms with Crippen molar-refractivity contribution in [1.29, 1.82) is 0 Å². The van der Waals surface area contributed by atoms with Gasteiger partial charge in [0.15, 0.2) is 0 Å². The maximum absolute atomic E-state index is 9.85. The Labute approximate surface area is 50.2 Å². The van der Waals surface area contributed by atoms with Crippen LogP contribution in [0, 0.1) is 0 Å². The van der Waals surface area contributed by atoms with E-state index in [2.05, 4.69) is 9.40 Å². The van der Waals surface area contributed by atoms with Crippen LogP contribution in [0.5, 0.6) is 0 Å². The quantitative estimate of drug-likeness (QED) is 0.505. The number of hydrogen-bond donors (Lipinski definition) is 1. The number of nitrogens with one attached hydrogen (secondary N) is 1. The van der Waals surface area contributed by atoms with Gasteiger partial charge in [0.25, 0.3) is 0 Å². The van der Waals surface area contributed by atoms with Crippen molar-refractivity contribution in [3.8, 4) is 0 Å². The van der Waals surface area contributed by atoms with Gasteiger partial charge in [0, 0.05) is 6.20 Å². The molecule has 0 spiro atoms. The van der Waals surface area contributed by atoms with Gasteiger partial charge >= 0.3 is 22.8 Å². The fraction of sp³-hybridized carbons (Fsp3) is 0. The Morgan fingerprint density at radius 2 is 2.43 bits per heavy atom. The Balaban J connectivity index is 0.000000360. The molecule has 7 heavy (non-hydrogen) atoms. The molecule has 0 fully saturated rings. The van der Waals surface area contributed by atoms with Gasteiger partial charge in [-0.15, -0.1) is 0 Å². The van der Waals surface area contributed by atoms with Crippen LogP contribution in [0.25, 0.3) is 0 Å². The number of hydrogen-bond acceptors (Lipinski definition) is 2. The predicted molar refractivity (Wildman–Crippen MR) is 27.9 cm³/mol. The molecule has 1 aromatic rings. The normalized spacial score (nSPS) is 7.43. The number of rotatable bonds is 0. The molecular weight excluding hydrogens is 161 g/mol. The molecule has 40 valence electrons. The summed E-state index contributed by atoms with van der Waals surface area (Å²) in [4.78, 5) is 12.1. The van der Waals surface area contributed by atoms with Crippen molar-refractivity contribution in [2.24, 2.45) is 0 Å². The zero-order valence-corrected chi connectivity index (χ0v) is 5.57. The summed E-state index contributed by atoms with van der Waals surface area (Å²) in [5, 5.41) is 0. The van der Waals surface area contributed by atoms with Crippen LogP contribution < -0.4 is 5.76 Å². The van der Waals surface area contributed by atoms with Crippen LogP contribution in [0.2, 0.25) is 0 Å². The molecule has 0 saturated carbocycles. The molecule has 0 unspecified atom stereocenters. The van der Waals surface area contributed by atoms with Crippen LogP contribution >= 0.6 is 0 Å². The summed E-state index contributed by atoms with van der Waals surface area (Å²) < 4.78 is 4.22. The first kappa shape index (κ1) is 6.53. The minimum atomic E-state index is -0.407. The fourth-order valence-electron chi connectivity index (χ4n) is 0.232. The van der Waals surface area contributed by atoms with Gasteiger partial charge in [-0.2, -0.15) is 0 Å². The minimum absolute atomic E-state index is 0. The Hall–Kier alpha value is -0.471. The first-order chi connectivity index (χ1) is 2.89. The van der Waals surface area contributed by atoms with Crippen molar-refractivity contribution in [2.75, 3.05) is 0 Å². The van der Waals surface area contributed by atoms with E-state index in [1.807, 2.05) is 0 Å². The number of oxazole rings is 1. The van der Waals surface area contributed by atoms with Crippen LogP contribution in [0.3, 0.4) is 0 Å². The second kappa shape index (κ2) is 2.66. The maximum atomic E-state index is 9.85. The average molecular weight is 166 g/mol. The fourth-order valence-corrected chi connectivity index (χ4v) is 0.232. The summed E-state index contributed by atoms with van der Waals surface area (Å²) in [7, 11) is 0. The van der Waals surface area contributed by atoms with Crippen LogP contribution in [0.1, 0.15) is 0 Å². The second-order valence-electron chi connectivity index (χ2n) is 0.852. The molecule has 1 aromatic heterocycles. The van der Waals surface area contributed by atoms with Crippen LogP contribution in [-0.2, 0) is 0 Å². The van der Waals surface area contributed by atoms with E-state index in [0.29, 0.717) is 0 Å². The summed E-state index contributed by atoms with van der Waals surface area (Å²) in [6.45, 7) is 0. The molecular formula is C3H5NO2Se. The molecule has 4 heteroatoms. The first-order valence-electron chi connectivity index (χ1n) is 1.52. The molecule has 0 atom stereocenters. The van der Waals surface area contributed by atoms with Crippen molar-refractivity contribution in [1.82, 2.24) is 4.98 Å². The van der Waals surface area contributed by atoms with Crippen molar-refractivity contribution in [2.45, 2.75) is 0 Å². The summed E-state index contributed by atoms with van der Waals surface area (Å²) in [5.74, 6) is -0.407. The Bertz CT molecular complexity index is 151.